The number of halogens is 2. The van der Waals surface area contributed by atoms with Crippen LogP contribution in [-0.4, -0.2) is 35.8 Å². The molecule has 0 unspecified atom stereocenters. The van der Waals surface area contributed by atoms with Gasteiger partial charge in [-0.3, -0.25) is 0 Å². The first kappa shape index (κ1) is 15.9. The van der Waals surface area contributed by atoms with E-state index in [1.165, 1.54) is 4.90 Å². The van der Waals surface area contributed by atoms with Crippen LogP contribution in [0.1, 0.15) is 18.1 Å². The van der Waals surface area contributed by atoms with Crippen LogP contribution in [0.4, 0.5) is 4.79 Å². The molecule has 0 saturated carbocycles. The minimum absolute atomic E-state index is 0.203. The molecule has 1 N–H and O–H groups in total. The Hall–Kier alpha value is -1.48. The Morgan fingerprint density at radius 2 is 2.24 bits per heavy atom. The Labute approximate surface area is 132 Å². The van der Waals surface area contributed by atoms with Crippen LogP contribution < -0.4 is 0 Å². The standard InChI is InChI=1S/C14H14Cl2N2O3/c15-11-2-1-9(7-12(11)16)13-10(3-4-17)8-18(14(19)20)5-6-21-13/h1-2,7,10,13H,3,5-6,8H2,(H,19,20)/t10-,13+/m1/s1. The Morgan fingerprint density at radius 1 is 1.48 bits per heavy atom. The SMILES string of the molecule is N#CC[C@@H]1CN(C(=O)O)CCO[C@H]1c1ccc(Cl)c(Cl)c1. The van der Waals surface area contributed by atoms with Crippen molar-refractivity contribution < 1.29 is 14.6 Å². The molecule has 0 aromatic heterocycles. The molecule has 5 nitrogen and oxygen atoms in total. The number of amides is 1. The molecule has 0 spiro atoms. The van der Waals surface area contributed by atoms with E-state index in [0.717, 1.165) is 5.56 Å². The maximum atomic E-state index is 11.1. The largest absolute Gasteiger partial charge is 0.465 e. The molecule has 1 aromatic carbocycles. The van der Waals surface area contributed by atoms with Crippen molar-refractivity contribution in [3.8, 4) is 6.07 Å². The summed E-state index contributed by atoms with van der Waals surface area (Å²) in [5, 5.41) is 19.0. The van der Waals surface area contributed by atoms with Gasteiger partial charge in [-0.15, -0.1) is 0 Å². The van der Waals surface area contributed by atoms with Crippen LogP contribution in [0.15, 0.2) is 18.2 Å². The number of nitrogens with zero attached hydrogens (tertiary/aromatic N) is 2. The molecule has 0 radical (unpaired) electrons. The molecule has 112 valence electrons. The van der Waals surface area contributed by atoms with E-state index in [1.807, 2.05) is 0 Å². The van der Waals surface area contributed by atoms with Crippen molar-refractivity contribution in [1.29, 1.82) is 5.26 Å². The highest BCUT2D eigenvalue weighted by atomic mass is 35.5. The van der Waals surface area contributed by atoms with Gasteiger partial charge in [-0.2, -0.15) is 5.26 Å². The van der Waals surface area contributed by atoms with Crippen molar-refractivity contribution in [3.05, 3.63) is 33.8 Å². The molecule has 1 saturated heterocycles. The highest BCUT2D eigenvalue weighted by Gasteiger charge is 2.31. The average molecular weight is 329 g/mol. The number of hydrogen-bond donors (Lipinski definition) is 1. The number of rotatable bonds is 2. The van der Waals surface area contributed by atoms with Crippen molar-refractivity contribution in [2.45, 2.75) is 12.5 Å². The molecule has 0 aliphatic carbocycles. The minimum atomic E-state index is -1.00. The van der Waals surface area contributed by atoms with Crippen LogP contribution in [0.3, 0.4) is 0 Å². The summed E-state index contributed by atoms with van der Waals surface area (Å²) < 4.78 is 5.77. The lowest BCUT2D eigenvalue weighted by Crippen LogP contribution is -2.34. The number of carboxylic acid groups (broad SMARTS) is 1. The smallest absolute Gasteiger partial charge is 0.407 e. The summed E-state index contributed by atoms with van der Waals surface area (Å²) in [6.07, 6.45) is -1.17. The summed E-state index contributed by atoms with van der Waals surface area (Å²) in [6.45, 7) is 0.821. The van der Waals surface area contributed by atoms with E-state index in [2.05, 4.69) is 6.07 Å². The summed E-state index contributed by atoms with van der Waals surface area (Å²) in [6, 6.07) is 7.26. The number of nitriles is 1. The zero-order chi connectivity index (χ0) is 15.4. The van der Waals surface area contributed by atoms with Gasteiger partial charge in [-0.25, -0.2) is 4.79 Å². The Morgan fingerprint density at radius 3 is 2.86 bits per heavy atom. The molecule has 1 aliphatic heterocycles. The third kappa shape index (κ3) is 3.79. The van der Waals surface area contributed by atoms with Gasteiger partial charge in [0.1, 0.15) is 0 Å². The molecule has 1 amide bonds. The van der Waals surface area contributed by atoms with Gasteiger partial charge in [0.2, 0.25) is 0 Å². The van der Waals surface area contributed by atoms with E-state index in [1.54, 1.807) is 18.2 Å². The van der Waals surface area contributed by atoms with E-state index >= 15 is 0 Å². The molecule has 0 bridgehead atoms. The van der Waals surface area contributed by atoms with Gasteiger partial charge < -0.3 is 14.7 Å². The zero-order valence-electron chi connectivity index (χ0n) is 11.1. The van der Waals surface area contributed by atoms with Crippen LogP contribution in [0, 0.1) is 17.2 Å². The molecule has 1 heterocycles. The lowest BCUT2D eigenvalue weighted by atomic mass is 9.93. The Kier molecular flexibility index (Phi) is 5.29. The molecule has 1 aromatic rings. The number of ether oxygens (including phenoxy) is 1. The van der Waals surface area contributed by atoms with Crippen LogP contribution in [0.2, 0.25) is 10.0 Å². The summed E-state index contributed by atoms with van der Waals surface area (Å²) in [7, 11) is 0. The molecule has 1 fully saturated rings. The monoisotopic (exact) mass is 328 g/mol. The molecular formula is C14H14Cl2N2O3. The van der Waals surface area contributed by atoms with Crippen molar-refractivity contribution in [1.82, 2.24) is 4.90 Å². The van der Waals surface area contributed by atoms with Crippen molar-refractivity contribution in [2.24, 2.45) is 5.92 Å². The van der Waals surface area contributed by atoms with E-state index in [4.69, 9.17) is 38.3 Å². The first-order chi connectivity index (χ1) is 10.0. The fraction of sp³-hybridized carbons (Fsp3) is 0.429. The van der Waals surface area contributed by atoms with Crippen molar-refractivity contribution >= 4 is 29.3 Å². The van der Waals surface area contributed by atoms with Gasteiger partial charge in [0, 0.05) is 25.4 Å². The maximum Gasteiger partial charge on any atom is 0.407 e. The number of hydrogen-bond acceptors (Lipinski definition) is 3. The van der Waals surface area contributed by atoms with E-state index in [9.17, 15) is 4.79 Å². The second-order valence-electron chi connectivity index (χ2n) is 4.82. The van der Waals surface area contributed by atoms with E-state index in [0.29, 0.717) is 10.0 Å². The molecule has 21 heavy (non-hydrogen) atoms. The van der Waals surface area contributed by atoms with Gasteiger partial charge >= 0.3 is 6.09 Å². The number of carbonyl (C=O) groups is 1. The van der Waals surface area contributed by atoms with Crippen LogP contribution in [-0.2, 0) is 4.74 Å². The van der Waals surface area contributed by atoms with Gasteiger partial charge in [0.05, 0.1) is 28.8 Å². The average Bonchev–Trinajstić information content (AvgIpc) is 2.65. The quantitative estimate of drug-likeness (QED) is 0.900. The third-order valence-corrected chi connectivity index (χ3v) is 4.18. The second-order valence-corrected chi connectivity index (χ2v) is 5.63. The van der Waals surface area contributed by atoms with Crippen LogP contribution in [0.5, 0.6) is 0 Å². The van der Waals surface area contributed by atoms with Gasteiger partial charge in [-0.1, -0.05) is 29.3 Å². The molecule has 2 atom stereocenters. The maximum absolute atomic E-state index is 11.1. The zero-order valence-corrected chi connectivity index (χ0v) is 12.6. The fourth-order valence-electron chi connectivity index (χ4n) is 2.42. The molecule has 7 heteroatoms. The minimum Gasteiger partial charge on any atom is -0.465 e. The van der Waals surface area contributed by atoms with Crippen LogP contribution in [0.25, 0.3) is 0 Å². The lowest BCUT2D eigenvalue weighted by molar-refractivity contribution is 0.0319. The summed E-state index contributed by atoms with van der Waals surface area (Å²) in [5.74, 6) is -0.245. The predicted octanol–water partition coefficient (Wildman–Crippen LogP) is 3.57. The normalized spacial score (nSPS) is 22.4. The highest BCUT2D eigenvalue weighted by Crippen LogP contribution is 2.34. The fourth-order valence-corrected chi connectivity index (χ4v) is 2.72. The Balaban J connectivity index is 2.28. The van der Waals surface area contributed by atoms with Crippen LogP contribution >= 0.6 is 23.2 Å². The first-order valence-corrected chi connectivity index (χ1v) is 7.20. The van der Waals surface area contributed by atoms with Crippen molar-refractivity contribution in [3.63, 3.8) is 0 Å². The molecular weight excluding hydrogens is 315 g/mol. The lowest BCUT2D eigenvalue weighted by Gasteiger charge is -2.25. The van der Waals surface area contributed by atoms with Gasteiger partial charge in [-0.05, 0) is 17.7 Å². The first-order valence-electron chi connectivity index (χ1n) is 6.44. The topological polar surface area (TPSA) is 73.6 Å². The summed E-state index contributed by atoms with van der Waals surface area (Å²) in [4.78, 5) is 12.4. The molecule has 2 rings (SSSR count). The van der Waals surface area contributed by atoms with Gasteiger partial charge in [0.25, 0.3) is 0 Å². The van der Waals surface area contributed by atoms with Gasteiger partial charge in [0.15, 0.2) is 0 Å². The Bertz CT molecular complexity index is 574. The van der Waals surface area contributed by atoms with E-state index in [-0.39, 0.29) is 38.1 Å². The predicted molar refractivity (Wildman–Crippen MR) is 78.5 cm³/mol. The third-order valence-electron chi connectivity index (χ3n) is 3.44. The molecule has 1 aliphatic rings. The summed E-state index contributed by atoms with van der Waals surface area (Å²) >= 11 is 11.9. The van der Waals surface area contributed by atoms with Crippen molar-refractivity contribution in [2.75, 3.05) is 19.7 Å². The number of benzene rings is 1. The van der Waals surface area contributed by atoms with E-state index < -0.39 is 6.09 Å². The highest BCUT2D eigenvalue weighted by molar-refractivity contribution is 6.42. The summed E-state index contributed by atoms with van der Waals surface area (Å²) in [5.41, 5.74) is 0.803. The second kappa shape index (κ2) is 6.99.